The van der Waals surface area contributed by atoms with Crippen molar-refractivity contribution in [1.29, 1.82) is 10.5 Å². The Morgan fingerprint density at radius 2 is 0.935 bits per heavy atom. The van der Waals surface area contributed by atoms with Crippen molar-refractivity contribution in [2.24, 2.45) is 0 Å². The summed E-state index contributed by atoms with van der Waals surface area (Å²) in [7, 11) is 0. The van der Waals surface area contributed by atoms with Gasteiger partial charge in [-0.05, 0) is 87.5 Å². The minimum absolute atomic E-state index is 0.396. The molecule has 2 heterocycles. The van der Waals surface area contributed by atoms with Crippen molar-refractivity contribution in [3.63, 3.8) is 0 Å². The molecule has 5 nitrogen and oxygen atoms in total. The van der Waals surface area contributed by atoms with Crippen LogP contribution in [0.25, 0.3) is 104 Å². The fourth-order valence-corrected chi connectivity index (χ4v) is 9.32. The van der Waals surface area contributed by atoms with Gasteiger partial charge in [0.25, 0.3) is 0 Å². The minimum Gasteiger partial charge on any atom is -0.307 e. The van der Waals surface area contributed by atoms with Gasteiger partial charge in [0.2, 0.25) is 5.69 Å². The van der Waals surface area contributed by atoms with E-state index in [0.29, 0.717) is 27.9 Å². The van der Waals surface area contributed by atoms with Crippen molar-refractivity contribution in [2.75, 3.05) is 0 Å². The summed E-state index contributed by atoms with van der Waals surface area (Å²) in [5, 5.41) is 26.2. The number of rotatable bonds is 6. The molecule has 0 aliphatic carbocycles. The molecule has 9 aromatic carbocycles. The van der Waals surface area contributed by atoms with Crippen LogP contribution in [0, 0.1) is 29.2 Å². The summed E-state index contributed by atoms with van der Waals surface area (Å²) in [4.78, 5) is 4.01. The van der Waals surface area contributed by atoms with Crippen molar-refractivity contribution in [2.45, 2.75) is 0 Å². The third kappa shape index (κ3) is 5.60. The van der Waals surface area contributed by atoms with Gasteiger partial charge < -0.3 is 9.13 Å². The smallest absolute Gasteiger partial charge is 0.203 e. The zero-order chi connectivity index (χ0) is 41.7. The molecule has 0 aliphatic heterocycles. The van der Waals surface area contributed by atoms with Crippen molar-refractivity contribution >= 4 is 49.3 Å². The molecule has 0 spiro atoms. The SMILES string of the molecule is [C-]#[N+]c1c(-c2ccccc2)cc(-c2ccc(-c3ccc4c(c3)c3ccc5c6ccccc6n(-c6ccccc6)c5c3n4-c3ccccc3)c(C#N)c2)c(C#N)c1-c1ccccc1. The lowest BCUT2D eigenvalue weighted by molar-refractivity contribution is 1.15. The van der Waals surface area contributed by atoms with E-state index in [2.05, 4.69) is 135 Å². The minimum atomic E-state index is 0.396. The summed E-state index contributed by atoms with van der Waals surface area (Å²) in [5.41, 5.74) is 14.0. The third-order valence-corrected chi connectivity index (χ3v) is 12.0. The Morgan fingerprint density at radius 1 is 0.403 bits per heavy atom. The maximum Gasteiger partial charge on any atom is 0.203 e. The molecule has 0 aliphatic rings. The first-order chi connectivity index (χ1) is 30.7. The Morgan fingerprint density at radius 3 is 1.55 bits per heavy atom. The number of fused-ring (bicyclic) bond motifs is 7. The fraction of sp³-hybridized carbons (Fsp3) is 0. The number of hydrogen-bond acceptors (Lipinski definition) is 2. The van der Waals surface area contributed by atoms with Gasteiger partial charge in [-0.15, -0.1) is 0 Å². The Labute approximate surface area is 358 Å². The zero-order valence-electron chi connectivity index (χ0n) is 33.3. The zero-order valence-corrected chi connectivity index (χ0v) is 33.3. The van der Waals surface area contributed by atoms with Crippen LogP contribution in [0.4, 0.5) is 5.69 Å². The fourth-order valence-electron chi connectivity index (χ4n) is 9.32. The molecule has 0 radical (unpaired) electrons. The largest absolute Gasteiger partial charge is 0.307 e. The number of benzene rings is 9. The second kappa shape index (κ2) is 14.7. The van der Waals surface area contributed by atoms with Crippen molar-refractivity contribution in [3.05, 3.63) is 223 Å². The van der Waals surface area contributed by atoms with Crippen molar-refractivity contribution in [3.8, 4) is 68.0 Å². The van der Waals surface area contributed by atoms with Crippen LogP contribution in [0.2, 0.25) is 0 Å². The lowest BCUT2D eigenvalue weighted by atomic mass is 9.85. The van der Waals surface area contributed by atoms with Gasteiger partial charge in [-0.1, -0.05) is 152 Å². The van der Waals surface area contributed by atoms with Crippen molar-refractivity contribution < 1.29 is 0 Å². The van der Waals surface area contributed by atoms with Crippen LogP contribution in [-0.4, -0.2) is 9.13 Å². The Balaban J connectivity index is 1.15. The van der Waals surface area contributed by atoms with Crippen LogP contribution in [0.3, 0.4) is 0 Å². The molecular formula is C57H33N5. The van der Waals surface area contributed by atoms with Crippen LogP contribution in [-0.2, 0) is 0 Å². The van der Waals surface area contributed by atoms with E-state index in [-0.39, 0.29) is 0 Å². The van der Waals surface area contributed by atoms with E-state index in [1.165, 1.54) is 10.8 Å². The standard InChI is InChI=1S/C57H33N5/c1-60-55-49(37-16-6-2-7-17-37)34-48(51(36-59)54(55)38-18-8-3-9-19-38)39-26-28-44(41(32-39)35-58)40-27-31-53-50(33-40)47-30-29-46-45-24-14-15-25-52(45)61(42-20-10-4-11-21-42)56(46)57(47)62(53)43-22-12-5-13-23-43/h2-34H. The van der Waals surface area contributed by atoms with Gasteiger partial charge in [0.15, 0.2) is 0 Å². The van der Waals surface area contributed by atoms with E-state index in [9.17, 15) is 10.5 Å². The molecule has 0 bridgehead atoms. The van der Waals surface area contributed by atoms with Gasteiger partial charge in [0, 0.05) is 38.5 Å². The molecule has 11 rings (SSSR count). The second-order valence-corrected chi connectivity index (χ2v) is 15.3. The average Bonchev–Trinajstić information content (AvgIpc) is 3.87. The molecule has 0 fully saturated rings. The molecule has 2 aromatic heterocycles. The van der Waals surface area contributed by atoms with E-state index >= 15 is 0 Å². The van der Waals surface area contributed by atoms with Crippen LogP contribution >= 0.6 is 0 Å². The third-order valence-electron chi connectivity index (χ3n) is 12.0. The quantitative estimate of drug-likeness (QED) is 0.158. The molecule has 0 unspecified atom stereocenters. The summed E-state index contributed by atoms with van der Waals surface area (Å²) < 4.78 is 4.75. The van der Waals surface area contributed by atoms with Crippen LogP contribution in [0.15, 0.2) is 200 Å². The van der Waals surface area contributed by atoms with Crippen LogP contribution in [0.1, 0.15) is 11.1 Å². The average molecular weight is 788 g/mol. The number of nitrogens with zero attached hydrogens (tertiary/aromatic N) is 5. The van der Waals surface area contributed by atoms with Gasteiger partial charge in [-0.2, -0.15) is 10.5 Å². The van der Waals surface area contributed by atoms with Gasteiger partial charge in [-0.3, -0.25) is 0 Å². The van der Waals surface area contributed by atoms with E-state index < -0.39 is 0 Å². The predicted octanol–water partition coefficient (Wildman–Crippen LogP) is 14.8. The molecule has 5 heteroatoms. The highest BCUT2D eigenvalue weighted by atomic mass is 15.0. The van der Waals surface area contributed by atoms with Crippen LogP contribution in [0.5, 0.6) is 0 Å². The van der Waals surface area contributed by atoms with E-state index in [0.717, 1.165) is 77.6 Å². The molecule has 0 atom stereocenters. The number of aromatic nitrogens is 2. The monoisotopic (exact) mass is 787 g/mol. The number of para-hydroxylation sites is 3. The summed E-state index contributed by atoms with van der Waals surface area (Å²) in [6.45, 7) is 8.30. The highest BCUT2D eigenvalue weighted by molar-refractivity contribution is 6.24. The van der Waals surface area contributed by atoms with E-state index in [4.69, 9.17) is 6.57 Å². The maximum absolute atomic E-state index is 10.8. The Kier molecular flexibility index (Phi) is 8.57. The first-order valence-corrected chi connectivity index (χ1v) is 20.4. The maximum atomic E-state index is 10.8. The predicted molar refractivity (Wildman–Crippen MR) is 253 cm³/mol. The summed E-state index contributed by atoms with van der Waals surface area (Å²) >= 11 is 0. The topological polar surface area (TPSA) is 61.8 Å². The van der Waals surface area contributed by atoms with Gasteiger partial charge in [0.1, 0.15) is 0 Å². The normalized spacial score (nSPS) is 11.2. The Bertz CT molecular complexity index is 3690. The molecule has 0 saturated heterocycles. The molecule has 11 aromatic rings. The van der Waals surface area contributed by atoms with Crippen molar-refractivity contribution in [1.82, 2.24) is 9.13 Å². The molecule has 0 amide bonds. The highest BCUT2D eigenvalue weighted by Gasteiger charge is 2.24. The molecular weight excluding hydrogens is 755 g/mol. The lowest BCUT2D eigenvalue weighted by Crippen LogP contribution is -1.98. The molecule has 286 valence electrons. The lowest BCUT2D eigenvalue weighted by Gasteiger charge is -2.18. The first kappa shape index (κ1) is 36.2. The molecule has 0 saturated carbocycles. The van der Waals surface area contributed by atoms with Gasteiger partial charge in [-0.25, -0.2) is 4.85 Å². The summed E-state index contributed by atoms with van der Waals surface area (Å²) in [5.74, 6) is 0. The van der Waals surface area contributed by atoms with Gasteiger partial charge >= 0.3 is 0 Å². The Hall–Kier alpha value is -8.95. The number of hydrogen-bond donors (Lipinski definition) is 0. The number of nitriles is 2. The summed E-state index contributed by atoms with van der Waals surface area (Å²) in [6.07, 6.45) is 0. The second-order valence-electron chi connectivity index (χ2n) is 15.3. The van der Waals surface area contributed by atoms with E-state index in [1.54, 1.807) is 0 Å². The van der Waals surface area contributed by atoms with E-state index in [1.807, 2.05) is 91.0 Å². The van der Waals surface area contributed by atoms with Gasteiger partial charge in [0.05, 0.1) is 51.9 Å². The first-order valence-electron chi connectivity index (χ1n) is 20.4. The van der Waals surface area contributed by atoms with Crippen LogP contribution < -0.4 is 0 Å². The highest BCUT2D eigenvalue weighted by Crippen LogP contribution is 2.47. The summed E-state index contributed by atoms with van der Waals surface area (Å²) in [6, 6.07) is 72.8. The molecule has 0 N–H and O–H groups in total. The molecule has 62 heavy (non-hydrogen) atoms.